The molecule has 0 aliphatic heterocycles. The highest BCUT2D eigenvalue weighted by molar-refractivity contribution is 5.88. The topological polar surface area (TPSA) is 113 Å². The van der Waals surface area contributed by atoms with Gasteiger partial charge in [-0.3, -0.25) is 10.1 Å². The number of carbonyl (C=O) groups excluding carboxylic acids is 1. The lowest BCUT2D eigenvalue weighted by atomic mass is 9.99. The summed E-state index contributed by atoms with van der Waals surface area (Å²) in [6.45, 7) is 0. The first-order valence-corrected chi connectivity index (χ1v) is 10.0. The summed E-state index contributed by atoms with van der Waals surface area (Å²) in [5.41, 5.74) is 5.26. The Morgan fingerprint density at radius 3 is 2.66 bits per heavy atom. The third kappa shape index (κ3) is 3.69. The van der Waals surface area contributed by atoms with Gasteiger partial charge in [0, 0.05) is 11.8 Å². The molecular weight excluding hydrogens is 406 g/mol. The van der Waals surface area contributed by atoms with Crippen molar-refractivity contribution in [2.24, 2.45) is 0 Å². The SMILES string of the molecule is COC(=O)Nc1nc2cc(-c3cccc(Cc4n[nH]c(=O)c5ccccc45)c3)ccc2[nH]1. The van der Waals surface area contributed by atoms with E-state index in [4.69, 9.17) is 0 Å². The quantitative estimate of drug-likeness (QED) is 0.399. The number of ether oxygens (including phenoxy) is 1. The monoisotopic (exact) mass is 425 g/mol. The third-order valence-corrected chi connectivity index (χ3v) is 5.30. The molecule has 0 spiro atoms. The highest BCUT2D eigenvalue weighted by Crippen LogP contribution is 2.26. The van der Waals surface area contributed by atoms with Crippen molar-refractivity contribution in [2.75, 3.05) is 12.4 Å². The smallest absolute Gasteiger partial charge is 0.413 e. The zero-order chi connectivity index (χ0) is 22.1. The molecule has 5 rings (SSSR count). The number of anilines is 1. The number of nitrogens with one attached hydrogen (secondary N) is 3. The van der Waals surface area contributed by atoms with Crippen LogP contribution < -0.4 is 10.9 Å². The van der Waals surface area contributed by atoms with E-state index in [9.17, 15) is 9.59 Å². The van der Waals surface area contributed by atoms with Gasteiger partial charge in [-0.15, -0.1) is 0 Å². The minimum absolute atomic E-state index is 0.188. The highest BCUT2D eigenvalue weighted by Gasteiger charge is 2.10. The average molecular weight is 425 g/mol. The van der Waals surface area contributed by atoms with Crippen LogP contribution in [0, 0.1) is 0 Å². The van der Waals surface area contributed by atoms with Crippen LogP contribution in [-0.4, -0.2) is 33.4 Å². The minimum atomic E-state index is -0.583. The van der Waals surface area contributed by atoms with E-state index in [1.54, 1.807) is 6.07 Å². The third-order valence-electron chi connectivity index (χ3n) is 5.30. The summed E-state index contributed by atoms with van der Waals surface area (Å²) in [6, 6.07) is 21.5. The van der Waals surface area contributed by atoms with Crippen LogP contribution in [0.2, 0.25) is 0 Å². The lowest BCUT2D eigenvalue weighted by molar-refractivity contribution is 0.186. The molecule has 8 heteroatoms. The average Bonchev–Trinajstić information content (AvgIpc) is 3.22. The molecule has 0 saturated heterocycles. The van der Waals surface area contributed by atoms with Gasteiger partial charge in [-0.2, -0.15) is 5.10 Å². The van der Waals surface area contributed by atoms with Gasteiger partial charge in [0.25, 0.3) is 5.56 Å². The van der Waals surface area contributed by atoms with Crippen LogP contribution in [0.1, 0.15) is 11.3 Å². The number of nitrogens with zero attached hydrogens (tertiary/aromatic N) is 2. The van der Waals surface area contributed by atoms with Crippen molar-refractivity contribution in [1.82, 2.24) is 20.2 Å². The Kier molecular flexibility index (Phi) is 4.87. The first-order valence-electron chi connectivity index (χ1n) is 10.0. The summed E-state index contributed by atoms with van der Waals surface area (Å²) >= 11 is 0. The van der Waals surface area contributed by atoms with Crippen molar-refractivity contribution < 1.29 is 9.53 Å². The minimum Gasteiger partial charge on any atom is -0.453 e. The first kappa shape index (κ1) is 19.5. The van der Waals surface area contributed by atoms with Gasteiger partial charge in [-0.1, -0.05) is 48.5 Å². The zero-order valence-electron chi connectivity index (χ0n) is 17.2. The summed E-state index contributed by atoms with van der Waals surface area (Å²) in [5, 5.41) is 10.9. The predicted octanol–water partition coefficient (Wildman–Crippen LogP) is 4.24. The number of carbonyl (C=O) groups is 1. The first-order chi connectivity index (χ1) is 15.6. The second-order valence-electron chi connectivity index (χ2n) is 7.36. The maximum atomic E-state index is 12.1. The van der Waals surface area contributed by atoms with E-state index in [1.165, 1.54) is 7.11 Å². The van der Waals surface area contributed by atoms with Crippen LogP contribution in [0.25, 0.3) is 32.9 Å². The fraction of sp³-hybridized carbons (Fsp3) is 0.0833. The number of rotatable bonds is 4. The van der Waals surface area contributed by atoms with Crippen LogP contribution >= 0.6 is 0 Å². The van der Waals surface area contributed by atoms with E-state index in [-0.39, 0.29) is 5.56 Å². The van der Waals surface area contributed by atoms with E-state index in [0.717, 1.165) is 38.8 Å². The maximum absolute atomic E-state index is 12.1. The van der Waals surface area contributed by atoms with Gasteiger partial charge in [0.1, 0.15) is 0 Å². The molecular formula is C24H19N5O3. The van der Waals surface area contributed by atoms with Crippen molar-refractivity contribution in [3.63, 3.8) is 0 Å². The number of H-pyrrole nitrogens is 2. The van der Waals surface area contributed by atoms with Gasteiger partial charge in [0.05, 0.1) is 29.2 Å². The molecule has 0 unspecified atom stereocenters. The molecule has 0 fully saturated rings. The zero-order valence-corrected chi connectivity index (χ0v) is 17.2. The summed E-state index contributed by atoms with van der Waals surface area (Å²) < 4.78 is 4.60. The molecule has 2 aromatic heterocycles. The van der Waals surface area contributed by atoms with Gasteiger partial charge < -0.3 is 9.72 Å². The number of aromatic nitrogens is 4. The molecule has 0 atom stereocenters. The summed E-state index contributed by atoms with van der Waals surface area (Å²) in [4.78, 5) is 30.9. The Balaban J connectivity index is 1.47. The Labute approximate surface area is 182 Å². The van der Waals surface area contributed by atoms with Gasteiger partial charge in [0.15, 0.2) is 0 Å². The van der Waals surface area contributed by atoms with Crippen LogP contribution in [-0.2, 0) is 11.2 Å². The molecule has 5 aromatic rings. The Morgan fingerprint density at radius 2 is 1.81 bits per heavy atom. The number of aromatic amines is 2. The number of methoxy groups -OCH3 is 1. The number of fused-ring (bicyclic) bond motifs is 2. The molecule has 3 N–H and O–H groups in total. The van der Waals surface area contributed by atoms with Gasteiger partial charge >= 0.3 is 6.09 Å². The molecule has 0 bridgehead atoms. The molecule has 8 nitrogen and oxygen atoms in total. The van der Waals surface area contributed by atoms with Crippen molar-refractivity contribution in [3.8, 4) is 11.1 Å². The van der Waals surface area contributed by atoms with Crippen LogP contribution in [0.3, 0.4) is 0 Å². The Bertz CT molecular complexity index is 1520. The number of hydrogen-bond donors (Lipinski definition) is 3. The molecule has 32 heavy (non-hydrogen) atoms. The largest absolute Gasteiger partial charge is 0.453 e. The van der Waals surface area contributed by atoms with E-state index in [2.05, 4.69) is 36.3 Å². The van der Waals surface area contributed by atoms with E-state index in [1.807, 2.05) is 54.6 Å². The summed E-state index contributed by atoms with van der Waals surface area (Å²) in [6.07, 6.45) is 0.00330. The van der Waals surface area contributed by atoms with Gasteiger partial charge in [-0.05, 0) is 34.9 Å². The van der Waals surface area contributed by atoms with Crippen LogP contribution in [0.4, 0.5) is 10.7 Å². The molecule has 0 aliphatic rings. The lowest BCUT2D eigenvalue weighted by Crippen LogP contribution is -2.11. The lowest BCUT2D eigenvalue weighted by Gasteiger charge is -2.08. The molecule has 0 radical (unpaired) electrons. The van der Waals surface area contributed by atoms with E-state index in [0.29, 0.717) is 17.8 Å². The molecule has 0 aliphatic carbocycles. The molecule has 0 saturated carbocycles. The number of benzene rings is 3. The van der Waals surface area contributed by atoms with Crippen molar-refractivity contribution in [3.05, 3.63) is 88.3 Å². The Morgan fingerprint density at radius 1 is 1.00 bits per heavy atom. The number of imidazole rings is 1. The normalized spacial score (nSPS) is 11.0. The molecule has 2 heterocycles. The van der Waals surface area contributed by atoms with E-state index < -0.39 is 6.09 Å². The second-order valence-corrected chi connectivity index (χ2v) is 7.36. The summed E-state index contributed by atoms with van der Waals surface area (Å²) in [5.74, 6) is 0.328. The van der Waals surface area contributed by atoms with Gasteiger partial charge in [-0.25, -0.2) is 14.9 Å². The van der Waals surface area contributed by atoms with Gasteiger partial charge in [0.2, 0.25) is 5.95 Å². The van der Waals surface area contributed by atoms with Crippen LogP contribution in [0.15, 0.2) is 71.5 Å². The standard InChI is InChI=1S/C24H19N5O3/c1-32-24(31)27-23-25-19-10-9-16(13-21(19)26-23)15-6-4-5-14(11-15)12-20-17-7-2-3-8-18(17)22(30)29-28-20/h2-11,13H,12H2,1H3,(H,29,30)(H2,25,26,27,31). The fourth-order valence-corrected chi connectivity index (χ4v) is 3.75. The molecule has 3 aromatic carbocycles. The number of amides is 1. The maximum Gasteiger partial charge on any atom is 0.413 e. The van der Waals surface area contributed by atoms with Crippen molar-refractivity contribution >= 4 is 33.8 Å². The second kappa shape index (κ2) is 7.99. The van der Waals surface area contributed by atoms with Crippen molar-refractivity contribution in [2.45, 2.75) is 6.42 Å². The summed E-state index contributed by atoms with van der Waals surface area (Å²) in [7, 11) is 1.30. The number of hydrogen-bond acceptors (Lipinski definition) is 5. The van der Waals surface area contributed by atoms with Crippen molar-refractivity contribution in [1.29, 1.82) is 0 Å². The van der Waals surface area contributed by atoms with E-state index >= 15 is 0 Å². The highest BCUT2D eigenvalue weighted by atomic mass is 16.5. The van der Waals surface area contributed by atoms with Crippen LogP contribution in [0.5, 0.6) is 0 Å². The Hall–Kier alpha value is -4.46. The predicted molar refractivity (Wildman–Crippen MR) is 123 cm³/mol. The molecule has 158 valence electrons. The molecule has 1 amide bonds. The fourth-order valence-electron chi connectivity index (χ4n) is 3.75.